The molecular weight excluding hydrogens is 422 g/mol. The third-order valence-electron chi connectivity index (χ3n) is 5.16. The van der Waals surface area contributed by atoms with Crippen molar-refractivity contribution in [3.05, 3.63) is 53.1 Å². The fourth-order valence-electron chi connectivity index (χ4n) is 3.32. The van der Waals surface area contributed by atoms with Crippen LogP contribution in [-0.4, -0.2) is 57.5 Å². The van der Waals surface area contributed by atoms with Crippen molar-refractivity contribution in [3.63, 3.8) is 0 Å². The number of hydrogen-bond acceptors (Lipinski definition) is 7. The van der Waals surface area contributed by atoms with E-state index in [2.05, 4.69) is 5.32 Å². The Kier molecular flexibility index (Phi) is 11.7. The van der Waals surface area contributed by atoms with E-state index in [1.54, 1.807) is 26.4 Å². The molecule has 2 aromatic rings. The fraction of sp³-hybridized carbons (Fsp3) is 0.500. The minimum absolute atomic E-state index is 0.0806. The van der Waals surface area contributed by atoms with Crippen LogP contribution in [0.2, 0.25) is 0 Å². The van der Waals surface area contributed by atoms with Crippen LogP contribution in [-0.2, 0) is 17.8 Å². The lowest BCUT2D eigenvalue weighted by Crippen LogP contribution is -2.32. The van der Waals surface area contributed by atoms with Gasteiger partial charge in [-0.15, -0.1) is 0 Å². The summed E-state index contributed by atoms with van der Waals surface area (Å²) in [5.41, 5.74) is 2.58. The second-order valence-electron chi connectivity index (χ2n) is 7.76. The number of carbonyl (C=O) groups is 1. The molecule has 2 aromatic carbocycles. The predicted molar refractivity (Wildman–Crippen MR) is 129 cm³/mol. The van der Waals surface area contributed by atoms with Crippen LogP contribution >= 0.6 is 0 Å². The van der Waals surface area contributed by atoms with Crippen LogP contribution in [0.25, 0.3) is 0 Å². The molecule has 0 spiro atoms. The Labute approximate surface area is 197 Å². The molecule has 0 amide bonds. The van der Waals surface area contributed by atoms with Gasteiger partial charge in [0.25, 0.3) is 0 Å². The van der Waals surface area contributed by atoms with Gasteiger partial charge in [0.2, 0.25) is 0 Å². The second kappa shape index (κ2) is 14.5. The van der Waals surface area contributed by atoms with E-state index in [0.717, 1.165) is 24.0 Å². The maximum atomic E-state index is 12.0. The van der Waals surface area contributed by atoms with Crippen LogP contribution in [0.3, 0.4) is 0 Å². The highest BCUT2D eigenvalue weighted by molar-refractivity contribution is 5.96. The Morgan fingerprint density at radius 2 is 1.79 bits per heavy atom. The Morgan fingerprint density at radius 3 is 2.48 bits per heavy atom. The lowest BCUT2D eigenvalue weighted by Gasteiger charge is -2.17. The Hall–Kier alpha value is -2.61. The maximum absolute atomic E-state index is 12.0. The van der Waals surface area contributed by atoms with Crippen LogP contribution < -0.4 is 19.5 Å². The van der Waals surface area contributed by atoms with Gasteiger partial charge in [0.1, 0.15) is 18.5 Å². The number of rotatable bonds is 16. The van der Waals surface area contributed by atoms with Crippen molar-refractivity contribution in [3.8, 4) is 17.2 Å². The molecule has 0 aliphatic heterocycles. The van der Waals surface area contributed by atoms with Gasteiger partial charge in [-0.05, 0) is 55.3 Å². The van der Waals surface area contributed by atoms with Crippen LogP contribution in [0.5, 0.6) is 17.2 Å². The zero-order valence-corrected chi connectivity index (χ0v) is 20.2. The quantitative estimate of drug-likeness (QED) is 0.292. The van der Waals surface area contributed by atoms with Crippen molar-refractivity contribution in [2.75, 3.05) is 40.5 Å². The van der Waals surface area contributed by atoms with Crippen molar-refractivity contribution in [1.29, 1.82) is 0 Å². The lowest BCUT2D eigenvalue weighted by molar-refractivity contribution is 0.0969. The molecule has 7 heteroatoms. The number of nitrogens with one attached hydrogen (secondary N) is 1. The molecule has 2 N–H and O–H groups in total. The van der Waals surface area contributed by atoms with Crippen LogP contribution in [0.1, 0.15) is 48.2 Å². The second-order valence-corrected chi connectivity index (χ2v) is 7.76. The summed E-state index contributed by atoms with van der Waals surface area (Å²) in [5.74, 6) is 2.11. The van der Waals surface area contributed by atoms with Gasteiger partial charge in [-0.3, -0.25) is 4.79 Å². The molecule has 33 heavy (non-hydrogen) atoms. The van der Waals surface area contributed by atoms with Gasteiger partial charge in [-0.2, -0.15) is 0 Å². The first-order valence-electron chi connectivity index (χ1n) is 11.5. The van der Waals surface area contributed by atoms with Crippen LogP contribution in [0, 0.1) is 0 Å². The fourth-order valence-corrected chi connectivity index (χ4v) is 3.32. The molecule has 0 bridgehead atoms. The average Bonchev–Trinajstić information content (AvgIpc) is 2.85. The standard InChI is InChI=1S/C26H37NO6/c1-5-13-32-17-21-15-20(23(29)6-2)8-10-24(21)33-18-22(28)16-27-12-11-19-7-9-25(30-3)26(14-19)31-4/h7-10,14-15,22,27-28H,5-6,11-13,16-18H2,1-4H3. The van der Waals surface area contributed by atoms with Crippen molar-refractivity contribution < 1.29 is 28.8 Å². The highest BCUT2D eigenvalue weighted by Crippen LogP contribution is 2.27. The minimum atomic E-state index is -0.670. The number of carbonyl (C=O) groups excluding carboxylic acids is 1. The molecule has 0 radical (unpaired) electrons. The third kappa shape index (κ3) is 8.68. The van der Waals surface area contributed by atoms with Gasteiger partial charge in [0.15, 0.2) is 17.3 Å². The van der Waals surface area contributed by atoms with Gasteiger partial charge in [0, 0.05) is 30.7 Å². The normalized spacial score (nSPS) is 11.8. The van der Waals surface area contributed by atoms with E-state index in [9.17, 15) is 9.90 Å². The van der Waals surface area contributed by atoms with Crippen LogP contribution in [0.4, 0.5) is 0 Å². The summed E-state index contributed by atoms with van der Waals surface area (Å²) >= 11 is 0. The van der Waals surface area contributed by atoms with E-state index in [0.29, 0.717) is 55.5 Å². The predicted octanol–water partition coefficient (Wildman–Crippen LogP) is 3.80. The number of aliphatic hydroxyl groups is 1. The van der Waals surface area contributed by atoms with Crippen molar-refractivity contribution in [2.24, 2.45) is 0 Å². The number of Topliss-reactive ketones (excluding diaryl/α,β-unsaturated/α-hetero) is 1. The molecule has 0 fully saturated rings. The number of aliphatic hydroxyl groups excluding tert-OH is 1. The van der Waals surface area contributed by atoms with Gasteiger partial charge in [-0.25, -0.2) is 0 Å². The molecule has 0 heterocycles. The number of methoxy groups -OCH3 is 2. The first-order valence-corrected chi connectivity index (χ1v) is 11.5. The van der Waals surface area contributed by atoms with E-state index in [4.69, 9.17) is 18.9 Å². The van der Waals surface area contributed by atoms with Gasteiger partial charge in [0.05, 0.1) is 20.8 Å². The summed E-state index contributed by atoms with van der Waals surface area (Å²) in [6, 6.07) is 11.2. The third-order valence-corrected chi connectivity index (χ3v) is 5.16. The topological polar surface area (TPSA) is 86.3 Å². The van der Waals surface area contributed by atoms with Crippen molar-refractivity contribution in [1.82, 2.24) is 5.32 Å². The van der Waals surface area contributed by atoms with E-state index in [1.165, 1.54) is 0 Å². The molecule has 0 aromatic heterocycles. The smallest absolute Gasteiger partial charge is 0.162 e. The van der Waals surface area contributed by atoms with E-state index in [1.807, 2.05) is 38.1 Å². The summed E-state index contributed by atoms with van der Waals surface area (Å²) in [6.07, 6.45) is 1.48. The molecule has 7 nitrogen and oxygen atoms in total. The molecule has 2 rings (SSSR count). The largest absolute Gasteiger partial charge is 0.493 e. The Bertz CT molecular complexity index is 870. The summed E-state index contributed by atoms with van der Waals surface area (Å²) in [5, 5.41) is 13.6. The summed E-state index contributed by atoms with van der Waals surface area (Å²) in [4.78, 5) is 12.0. The molecule has 182 valence electrons. The van der Waals surface area contributed by atoms with E-state index < -0.39 is 6.10 Å². The molecule has 0 saturated heterocycles. The Balaban J connectivity index is 1.83. The van der Waals surface area contributed by atoms with Gasteiger partial charge in [-0.1, -0.05) is 19.9 Å². The number of ketones is 1. The van der Waals surface area contributed by atoms with E-state index >= 15 is 0 Å². The van der Waals surface area contributed by atoms with Crippen LogP contribution in [0.15, 0.2) is 36.4 Å². The molecule has 1 atom stereocenters. The molecule has 0 aliphatic carbocycles. The summed E-state index contributed by atoms with van der Waals surface area (Å²) < 4.78 is 22.1. The minimum Gasteiger partial charge on any atom is -0.493 e. The summed E-state index contributed by atoms with van der Waals surface area (Å²) in [6.45, 7) is 6.15. The zero-order valence-electron chi connectivity index (χ0n) is 20.2. The van der Waals surface area contributed by atoms with E-state index in [-0.39, 0.29) is 12.4 Å². The molecule has 0 saturated carbocycles. The first kappa shape index (κ1) is 26.6. The molecular formula is C26H37NO6. The van der Waals surface area contributed by atoms with Crippen molar-refractivity contribution >= 4 is 5.78 Å². The highest BCUT2D eigenvalue weighted by Gasteiger charge is 2.12. The molecule has 1 unspecified atom stereocenters. The SMILES string of the molecule is CCCOCc1cc(C(=O)CC)ccc1OCC(O)CNCCc1ccc(OC)c(OC)c1. The number of benzene rings is 2. The van der Waals surface area contributed by atoms with Crippen molar-refractivity contribution in [2.45, 2.75) is 45.8 Å². The monoisotopic (exact) mass is 459 g/mol. The van der Waals surface area contributed by atoms with Gasteiger partial charge >= 0.3 is 0 Å². The zero-order chi connectivity index (χ0) is 24.1. The first-order chi connectivity index (χ1) is 16.0. The average molecular weight is 460 g/mol. The molecule has 0 aliphatic rings. The highest BCUT2D eigenvalue weighted by atomic mass is 16.5. The summed E-state index contributed by atoms with van der Waals surface area (Å²) in [7, 11) is 3.23. The number of ether oxygens (including phenoxy) is 4. The van der Waals surface area contributed by atoms with Gasteiger partial charge < -0.3 is 29.4 Å². The lowest BCUT2D eigenvalue weighted by atomic mass is 10.1. The Morgan fingerprint density at radius 1 is 1.03 bits per heavy atom. The number of hydrogen-bond donors (Lipinski definition) is 2. The maximum Gasteiger partial charge on any atom is 0.162 e.